The summed E-state index contributed by atoms with van der Waals surface area (Å²) in [6.07, 6.45) is 3.98. The fourth-order valence-corrected chi connectivity index (χ4v) is 5.88. The van der Waals surface area contributed by atoms with Crippen molar-refractivity contribution in [3.63, 3.8) is 0 Å². The molecular formula is C24H24N4O2S2. The molecule has 1 saturated heterocycles. The van der Waals surface area contributed by atoms with Gasteiger partial charge in [-0.3, -0.25) is 19.1 Å². The zero-order valence-corrected chi connectivity index (χ0v) is 19.3. The Labute approximate surface area is 194 Å². The summed E-state index contributed by atoms with van der Waals surface area (Å²) in [7, 11) is 0. The lowest BCUT2D eigenvalue weighted by Gasteiger charge is -2.17. The fourth-order valence-electron chi connectivity index (χ4n) is 4.16. The first-order valence-corrected chi connectivity index (χ1v) is 12.5. The zero-order chi connectivity index (χ0) is 21.9. The van der Waals surface area contributed by atoms with E-state index in [9.17, 15) is 9.59 Å². The van der Waals surface area contributed by atoms with Gasteiger partial charge in [-0.05, 0) is 48.5 Å². The van der Waals surface area contributed by atoms with Crippen molar-refractivity contribution in [2.24, 2.45) is 0 Å². The van der Waals surface area contributed by atoms with E-state index in [-0.39, 0.29) is 18.0 Å². The maximum Gasteiger partial charge on any atom is 0.263 e. The molecule has 5 rings (SSSR count). The van der Waals surface area contributed by atoms with Crippen molar-refractivity contribution in [3.8, 4) is 10.4 Å². The Morgan fingerprint density at radius 2 is 1.88 bits per heavy atom. The second-order valence-electron chi connectivity index (χ2n) is 8.01. The molecule has 1 aromatic carbocycles. The van der Waals surface area contributed by atoms with Crippen molar-refractivity contribution in [1.82, 2.24) is 19.8 Å². The number of fused-ring (bicyclic) bond motifs is 1. The molecule has 0 bridgehead atoms. The molecule has 32 heavy (non-hydrogen) atoms. The molecule has 0 atom stereocenters. The van der Waals surface area contributed by atoms with Gasteiger partial charge in [-0.1, -0.05) is 30.3 Å². The van der Waals surface area contributed by atoms with Crippen LogP contribution in [0.25, 0.3) is 20.7 Å². The van der Waals surface area contributed by atoms with Crippen molar-refractivity contribution in [3.05, 3.63) is 75.0 Å². The van der Waals surface area contributed by atoms with Gasteiger partial charge in [-0.15, -0.1) is 22.7 Å². The van der Waals surface area contributed by atoms with E-state index in [1.165, 1.54) is 40.6 Å². The van der Waals surface area contributed by atoms with Gasteiger partial charge in [-0.2, -0.15) is 0 Å². The maximum atomic E-state index is 13.1. The van der Waals surface area contributed by atoms with E-state index in [0.717, 1.165) is 35.6 Å². The predicted molar refractivity (Wildman–Crippen MR) is 130 cm³/mol. The standard InChI is InChI=1S/C24H24N4O2S2/c29-21(25-12-17-6-1-2-7-18(17)13-27-9-3-4-10-27)14-28-16-26-23-22(24(28)30)19(15-32-23)20-8-5-11-31-20/h1-2,5-8,11,15-16H,3-4,9-10,12-14H2,(H,25,29). The molecule has 1 aliphatic heterocycles. The molecule has 4 heterocycles. The average Bonchev–Trinajstić information content (AvgIpc) is 3.57. The van der Waals surface area contributed by atoms with E-state index in [0.29, 0.717) is 16.8 Å². The molecule has 0 spiro atoms. The smallest absolute Gasteiger partial charge is 0.263 e. The second-order valence-corrected chi connectivity index (χ2v) is 9.82. The van der Waals surface area contributed by atoms with Gasteiger partial charge in [0, 0.05) is 28.9 Å². The lowest BCUT2D eigenvalue weighted by molar-refractivity contribution is -0.121. The first-order valence-electron chi connectivity index (χ1n) is 10.8. The number of aromatic nitrogens is 2. The van der Waals surface area contributed by atoms with Gasteiger partial charge in [0.15, 0.2) is 0 Å². The molecule has 1 amide bonds. The van der Waals surface area contributed by atoms with Crippen LogP contribution in [0.2, 0.25) is 0 Å². The number of thiophene rings is 2. The topological polar surface area (TPSA) is 67.2 Å². The molecule has 0 unspecified atom stereocenters. The Morgan fingerprint density at radius 1 is 1.06 bits per heavy atom. The van der Waals surface area contributed by atoms with E-state index in [4.69, 9.17) is 0 Å². The number of benzene rings is 1. The monoisotopic (exact) mass is 464 g/mol. The number of carbonyl (C=O) groups is 1. The highest BCUT2D eigenvalue weighted by Gasteiger charge is 2.16. The van der Waals surface area contributed by atoms with E-state index >= 15 is 0 Å². The van der Waals surface area contributed by atoms with Crippen LogP contribution in [0.3, 0.4) is 0 Å². The maximum absolute atomic E-state index is 13.1. The highest BCUT2D eigenvalue weighted by Crippen LogP contribution is 2.33. The van der Waals surface area contributed by atoms with Gasteiger partial charge in [0.2, 0.25) is 5.91 Å². The van der Waals surface area contributed by atoms with Crippen molar-refractivity contribution in [1.29, 1.82) is 0 Å². The number of nitrogens with one attached hydrogen (secondary N) is 1. The Balaban J connectivity index is 1.29. The Hall–Kier alpha value is -2.81. The SMILES string of the molecule is O=C(Cn1cnc2scc(-c3cccs3)c2c1=O)NCc1ccccc1CN1CCCC1. The summed E-state index contributed by atoms with van der Waals surface area (Å²) in [6.45, 7) is 3.59. The largest absolute Gasteiger partial charge is 0.350 e. The first kappa shape index (κ1) is 21.1. The zero-order valence-electron chi connectivity index (χ0n) is 17.6. The summed E-state index contributed by atoms with van der Waals surface area (Å²) >= 11 is 3.04. The third-order valence-electron chi connectivity index (χ3n) is 5.85. The number of rotatable bonds is 7. The van der Waals surface area contributed by atoms with Gasteiger partial charge in [0.25, 0.3) is 5.56 Å². The van der Waals surface area contributed by atoms with E-state index in [2.05, 4.69) is 27.3 Å². The van der Waals surface area contributed by atoms with Gasteiger partial charge in [0.05, 0.1) is 11.7 Å². The Bertz CT molecular complexity index is 1290. The summed E-state index contributed by atoms with van der Waals surface area (Å²) in [6, 6.07) is 12.2. The third kappa shape index (κ3) is 4.39. The summed E-state index contributed by atoms with van der Waals surface area (Å²) in [5.41, 5.74) is 3.08. The van der Waals surface area contributed by atoms with Crippen molar-refractivity contribution in [2.75, 3.05) is 13.1 Å². The van der Waals surface area contributed by atoms with Crippen molar-refractivity contribution < 1.29 is 4.79 Å². The van der Waals surface area contributed by atoms with Crippen LogP contribution in [0.5, 0.6) is 0 Å². The Kier molecular flexibility index (Phi) is 6.16. The highest BCUT2D eigenvalue weighted by molar-refractivity contribution is 7.18. The molecule has 1 N–H and O–H groups in total. The van der Waals surface area contributed by atoms with Gasteiger partial charge in [-0.25, -0.2) is 4.98 Å². The number of amides is 1. The molecule has 0 aliphatic carbocycles. The van der Waals surface area contributed by atoms with Crippen molar-refractivity contribution >= 4 is 38.8 Å². The van der Waals surface area contributed by atoms with Crippen LogP contribution < -0.4 is 10.9 Å². The molecule has 6 nitrogen and oxygen atoms in total. The lowest BCUT2D eigenvalue weighted by atomic mass is 10.1. The summed E-state index contributed by atoms with van der Waals surface area (Å²) < 4.78 is 1.40. The number of carbonyl (C=O) groups excluding carboxylic acids is 1. The molecule has 0 saturated carbocycles. The molecule has 164 valence electrons. The number of likely N-dealkylation sites (tertiary alicyclic amines) is 1. The second kappa shape index (κ2) is 9.36. The van der Waals surface area contributed by atoms with Crippen LogP contribution in [-0.2, 0) is 24.4 Å². The molecule has 8 heteroatoms. The fraction of sp³-hybridized carbons (Fsp3) is 0.292. The van der Waals surface area contributed by atoms with Crippen LogP contribution in [0.15, 0.2) is 58.3 Å². The highest BCUT2D eigenvalue weighted by atomic mass is 32.1. The summed E-state index contributed by atoms with van der Waals surface area (Å²) in [5, 5.41) is 7.52. The summed E-state index contributed by atoms with van der Waals surface area (Å²) in [4.78, 5) is 34.4. The summed E-state index contributed by atoms with van der Waals surface area (Å²) in [5.74, 6) is -0.197. The molecule has 1 aliphatic rings. The van der Waals surface area contributed by atoms with Crippen LogP contribution in [0, 0.1) is 0 Å². The van der Waals surface area contributed by atoms with Crippen LogP contribution >= 0.6 is 22.7 Å². The molecule has 4 aromatic rings. The normalized spacial score (nSPS) is 14.2. The molecular weight excluding hydrogens is 440 g/mol. The van der Waals surface area contributed by atoms with Crippen LogP contribution in [0.4, 0.5) is 0 Å². The van der Waals surface area contributed by atoms with Gasteiger partial charge < -0.3 is 5.32 Å². The predicted octanol–water partition coefficient (Wildman–Crippen LogP) is 4.10. The average molecular weight is 465 g/mol. The Morgan fingerprint density at radius 3 is 2.66 bits per heavy atom. The molecule has 1 fully saturated rings. The minimum absolute atomic E-state index is 0.0458. The number of nitrogens with zero attached hydrogens (tertiary/aromatic N) is 3. The van der Waals surface area contributed by atoms with Gasteiger partial charge >= 0.3 is 0 Å². The van der Waals surface area contributed by atoms with Crippen LogP contribution in [-0.4, -0.2) is 33.4 Å². The van der Waals surface area contributed by atoms with E-state index in [1.807, 2.05) is 35.0 Å². The van der Waals surface area contributed by atoms with Crippen molar-refractivity contribution in [2.45, 2.75) is 32.5 Å². The lowest BCUT2D eigenvalue weighted by Crippen LogP contribution is -2.32. The first-order chi connectivity index (χ1) is 15.7. The minimum atomic E-state index is -0.197. The molecule has 0 radical (unpaired) electrons. The van der Waals surface area contributed by atoms with E-state index < -0.39 is 0 Å². The van der Waals surface area contributed by atoms with Crippen LogP contribution in [0.1, 0.15) is 24.0 Å². The van der Waals surface area contributed by atoms with Gasteiger partial charge in [0.1, 0.15) is 11.4 Å². The van der Waals surface area contributed by atoms with E-state index in [1.54, 1.807) is 11.3 Å². The number of hydrogen-bond donors (Lipinski definition) is 1. The quantitative estimate of drug-likeness (QED) is 0.447. The molecule has 3 aromatic heterocycles. The minimum Gasteiger partial charge on any atom is -0.350 e. The third-order valence-corrected chi connectivity index (χ3v) is 7.64. The number of hydrogen-bond acceptors (Lipinski definition) is 6.